The summed E-state index contributed by atoms with van der Waals surface area (Å²) in [7, 11) is 0. The van der Waals surface area contributed by atoms with Crippen LogP contribution in [0.1, 0.15) is 27.0 Å². The Balaban J connectivity index is 1.81. The first-order valence-corrected chi connectivity index (χ1v) is 9.27. The molecule has 138 valence electrons. The van der Waals surface area contributed by atoms with E-state index in [2.05, 4.69) is 0 Å². The number of carbonyl (C=O) groups excluding carboxylic acids is 2. The third-order valence-corrected chi connectivity index (χ3v) is 6.26. The van der Waals surface area contributed by atoms with Gasteiger partial charge in [-0.1, -0.05) is 36.0 Å². The number of amides is 1. The van der Waals surface area contributed by atoms with E-state index in [1.807, 2.05) is 18.2 Å². The predicted molar refractivity (Wildman–Crippen MR) is 103 cm³/mol. The van der Waals surface area contributed by atoms with Crippen molar-refractivity contribution in [3.05, 3.63) is 82.9 Å². The molecule has 0 saturated carbocycles. The van der Waals surface area contributed by atoms with Gasteiger partial charge in [0.05, 0.1) is 0 Å². The molecule has 0 aromatic heterocycles. The number of primary amides is 1. The molecule has 0 aliphatic carbocycles. The third kappa shape index (κ3) is 2.23. The van der Waals surface area contributed by atoms with Crippen LogP contribution in [0.4, 0.5) is 4.79 Å². The fourth-order valence-corrected chi connectivity index (χ4v) is 5.24. The SMILES string of the molecule is NC(=O)Oc1ccc2c(c1)Oc1cc(O)ccc1C21SC(=O)c2ccccc21. The van der Waals surface area contributed by atoms with Gasteiger partial charge in [0, 0.05) is 28.8 Å². The molecule has 2 aliphatic rings. The normalized spacial score (nSPS) is 18.8. The molecule has 3 aromatic rings. The van der Waals surface area contributed by atoms with Crippen LogP contribution in [-0.4, -0.2) is 16.3 Å². The molecule has 7 heteroatoms. The van der Waals surface area contributed by atoms with E-state index in [0.29, 0.717) is 17.1 Å². The van der Waals surface area contributed by atoms with Crippen LogP contribution in [-0.2, 0) is 4.75 Å². The second-order valence-corrected chi connectivity index (χ2v) is 7.67. The number of phenolic OH excluding ortho intramolecular Hbond substituents is 1. The Hall–Kier alpha value is -3.45. The summed E-state index contributed by atoms with van der Waals surface area (Å²) in [5.41, 5.74) is 8.12. The number of nitrogens with two attached hydrogens (primary N) is 1. The number of thioether (sulfide) groups is 1. The van der Waals surface area contributed by atoms with Crippen LogP contribution in [0.3, 0.4) is 0 Å². The number of hydrogen-bond acceptors (Lipinski definition) is 6. The Morgan fingerprint density at radius 3 is 2.50 bits per heavy atom. The highest BCUT2D eigenvalue weighted by Gasteiger charge is 2.52. The Morgan fingerprint density at radius 1 is 1.00 bits per heavy atom. The number of hydrogen-bond donors (Lipinski definition) is 2. The van der Waals surface area contributed by atoms with Gasteiger partial charge < -0.3 is 20.3 Å². The number of ether oxygens (including phenoxy) is 2. The van der Waals surface area contributed by atoms with Gasteiger partial charge in [0.25, 0.3) is 0 Å². The maximum absolute atomic E-state index is 12.8. The highest BCUT2D eigenvalue weighted by Crippen LogP contribution is 2.62. The number of aromatic hydroxyl groups is 1. The van der Waals surface area contributed by atoms with Gasteiger partial charge in [-0.3, -0.25) is 4.79 Å². The molecule has 0 radical (unpaired) electrons. The van der Waals surface area contributed by atoms with E-state index < -0.39 is 10.8 Å². The lowest BCUT2D eigenvalue weighted by Gasteiger charge is -2.36. The van der Waals surface area contributed by atoms with Crippen molar-refractivity contribution in [1.82, 2.24) is 0 Å². The van der Waals surface area contributed by atoms with Gasteiger partial charge in [0.1, 0.15) is 27.7 Å². The maximum Gasteiger partial charge on any atom is 0.409 e. The monoisotopic (exact) mass is 391 g/mol. The van der Waals surface area contributed by atoms with Gasteiger partial charge >= 0.3 is 6.09 Å². The van der Waals surface area contributed by atoms with Gasteiger partial charge in [0.2, 0.25) is 5.12 Å². The quantitative estimate of drug-likeness (QED) is 0.647. The lowest BCUT2D eigenvalue weighted by molar-refractivity contribution is 0.109. The smallest absolute Gasteiger partial charge is 0.409 e. The number of carbonyl (C=O) groups is 2. The van der Waals surface area contributed by atoms with E-state index in [1.165, 1.54) is 17.8 Å². The lowest BCUT2D eigenvalue weighted by Crippen LogP contribution is -2.27. The van der Waals surface area contributed by atoms with Gasteiger partial charge in [-0.2, -0.15) is 0 Å². The van der Waals surface area contributed by atoms with Crippen molar-refractivity contribution < 1.29 is 24.2 Å². The molecule has 6 nitrogen and oxygen atoms in total. The first-order chi connectivity index (χ1) is 13.5. The summed E-state index contributed by atoms with van der Waals surface area (Å²) in [4.78, 5) is 23.9. The summed E-state index contributed by atoms with van der Waals surface area (Å²) in [6.07, 6.45) is -0.931. The van der Waals surface area contributed by atoms with Crippen LogP contribution in [0.25, 0.3) is 0 Å². The van der Waals surface area contributed by atoms with Gasteiger partial charge in [0.15, 0.2) is 0 Å². The standard InChI is InChI=1S/C21H13NO5S/c22-20(25)26-12-6-8-16-18(10-12)27-17-9-11(23)5-7-15(17)21(16)14-4-2-1-3-13(14)19(24)28-21/h1-10,23H,(H2,22,25). The van der Waals surface area contributed by atoms with Crippen LogP contribution in [0.2, 0.25) is 0 Å². The Morgan fingerprint density at radius 2 is 1.71 bits per heavy atom. The van der Waals surface area contributed by atoms with Gasteiger partial charge in [-0.25, -0.2) is 4.79 Å². The fourth-order valence-electron chi connectivity index (χ4n) is 3.82. The van der Waals surface area contributed by atoms with Crippen LogP contribution < -0.4 is 15.2 Å². The van der Waals surface area contributed by atoms with Crippen molar-refractivity contribution in [2.75, 3.05) is 0 Å². The van der Waals surface area contributed by atoms with Crippen LogP contribution >= 0.6 is 11.8 Å². The van der Waals surface area contributed by atoms with E-state index in [0.717, 1.165) is 16.7 Å². The molecule has 0 bridgehead atoms. The zero-order valence-electron chi connectivity index (χ0n) is 14.3. The molecule has 1 atom stereocenters. The van der Waals surface area contributed by atoms with Crippen molar-refractivity contribution in [2.45, 2.75) is 4.75 Å². The van der Waals surface area contributed by atoms with Gasteiger partial charge in [-0.15, -0.1) is 0 Å². The summed E-state index contributed by atoms with van der Waals surface area (Å²) in [5.74, 6) is 1.13. The van der Waals surface area contributed by atoms with Crippen molar-refractivity contribution in [3.63, 3.8) is 0 Å². The Labute approximate surface area is 163 Å². The highest BCUT2D eigenvalue weighted by atomic mass is 32.2. The number of fused-ring (bicyclic) bond motifs is 6. The summed E-state index contributed by atoms with van der Waals surface area (Å²) in [6, 6.07) is 17.2. The van der Waals surface area contributed by atoms with Crippen molar-refractivity contribution in [2.24, 2.45) is 5.73 Å². The predicted octanol–water partition coefficient (Wildman–Crippen LogP) is 4.13. The van der Waals surface area contributed by atoms with E-state index in [9.17, 15) is 14.7 Å². The topological polar surface area (TPSA) is 98.9 Å². The minimum atomic E-state index is -0.931. The fraction of sp³-hybridized carbons (Fsp3) is 0.0476. The molecular formula is C21H13NO5S. The van der Waals surface area contributed by atoms with Crippen LogP contribution in [0, 0.1) is 0 Å². The molecule has 2 heterocycles. The maximum atomic E-state index is 12.8. The molecule has 3 aromatic carbocycles. The minimum absolute atomic E-state index is 0.0417. The molecule has 1 amide bonds. The summed E-state index contributed by atoms with van der Waals surface area (Å²) in [6.45, 7) is 0. The second-order valence-electron chi connectivity index (χ2n) is 6.48. The molecule has 1 unspecified atom stereocenters. The highest BCUT2D eigenvalue weighted by molar-refractivity contribution is 8.15. The lowest BCUT2D eigenvalue weighted by atomic mass is 9.80. The van der Waals surface area contributed by atoms with Crippen molar-refractivity contribution in [3.8, 4) is 23.0 Å². The molecule has 0 fully saturated rings. The van der Waals surface area contributed by atoms with Gasteiger partial charge in [-0.05, 0) is 29.8 Å². The van der Waals surface area contributed by atoms with E-state index in [-0.39, 0.29) is 16.6 Å². The Bertz CT molecular complexity index is 1180. The van der Waals surface area contributed by atoms with Crippen molar-refractivity contribution in [1.29, 1.82) is 0 Å². The van der Waals surface area contributed by atoms with Crippen LogP contribution in [0.5, 0.6) is 23.0 Å². The molecular weight excluding hydrogens is 378 g/mol. The molecule has 3 N–H and O–H groups in total. The van der Waals surface area contributed by atoms with E-state index in [4.69, 9.17) is 15.2 Å². The summed E-state index contributed by atoms with van der Waals surface area (Å²) in [5, 5.41) is 9.91. The van der Waals surface area contributed by atoms with Crippen molar-refractivity contribution >= 4 is 23.0 Å². The molecule has 2 aliphatic heterocycles. The summed E-state index contributed by atoms with van der Waals surface area (Å²) < 4.78 is 10.1. The van der Waals surface area contributed by atoms with E-state index in [1.54, 1.807) is 36.4 Å². The largest absolute Gasteiger partial charge is 0.508 e. The second kappa shape index (κ2) is 5.77. The zero-order valence-corrected chi connectivity index (χ0v) is 15.2. The first kappa shape index (κ1) is 16.7. The van der Waals surface area contributed by atoms with E-state index >= 15 is 0 Å². The molecule has 0 saturated heterocycles. The third-order valence-electron chi connectivity index (χ3n) is 4.89. The van der Waals surface area contributed by atoms with Crippen LogP contribution in [0.15, 0.2) is 60.7 Å². The summed E-state index contributed by atoms with van der Waals surface area (Å²) >= 11 is 1.20. The number of rotatable bonds is 1. The number of phenols is 1. The molecule has 5 rings (SSSR count). The first-order valence-electron chi connectivity index (χ1n) is 8.45. The molecule has 1 spiro atoms. The average Bonchev–Trinajstić information content (AvgIpc) is 2.95. The number of benzene rings is 3. The Kier molecular flexibility index (Phi) is 3.44. The minimum Gasteiger partial charge on any atom is -0.508 e. The zero-order chi connectivity index (χ0) is 19.5. The molecule has 28 heavy (non-hydrogen) atoms. The average molecular weight is 391 g/mol.